The highest BCUT2D eigenvalue weighted by Crippen LogP contribution is 2.26. The van der Waals surface area contributed by atoms with Crippen molar-refractivity contribution in [2.24, 2.45) is 4.40 Å². The van der Waals surface area contributed by atoms with Gasteiger partial charge in [0.2, 0.25) is 0 Å². The van der Waals surface area contributed by atoms with Gasteiger partial charge in [-0.05, 0) is 51.5 Å². The van der Waals surface area contributed by atoms with Crippen LogP contribution in [0.2, 0.25) is 0 Å². The number of benzene rings is 1. The molecule has 4 nitrogen and oxygen atoms in total. The predicted molar refractivity (Wildman–Crippen MR) is 105 cm³/mol. The molecule has 3 aromatic rings. The van der Waals surface area contributed by atoms with E-state index < -0.39 is 16.1 Å². The molecule has 0 aliphatic carbocycles. The molecule has 25 heavy (non-hydrogen) atoms. The monoisotopic (exact) mass is 351 g/mol. The highest BCUT2D eigenvalue weighted by atomic mass is 32.2. The molecule has 0 radical (unpaired) electrons. The molecule has 2 heterocycles. The lowest BCUT2D eigenvalue weighted by molar-refractivity contribution is 0.562. The Morgan fingerprint density at radius 3 is 2.64 bits per heavy atom. The molecule has 0 spiro atoms. The number of hydrogen-bond donors (Lipinski definition) is 0. The summed E-state index contributed by atoms with van der Waals surface area (Å²) in [6, 6.07) is 12.0. The normalized spacial score (nSPS) is 13.5. The molecule has 1 aromatic carbocycles. The maximum atomic E-state index is 12.3. The summed E-state index contributed by atoms with van der Waals surface area (Å²) in [5, 5.41) is 1.04. The first kappa shape index (κ1) is 17.6. The molecule has 0 bridgehead atoms. The second-order valence-corrected chi connectivity index (χ2v) is 8.84. The second kappa shape index (κ2) is 6.94. The lowest BCUT2D eigenvalue weighted by Crippen LogP contribution is -2.25. The van der Waals surface area contributed by atoms with Crippen LogP contribution < -0.4 is 0 Å². The standard InChI is InChI=1S/C20H21N3OS/c1-14-7-5-8-15-11-17(13-22-25(24)20(2,3)4)19(23-18(14)15)16-9-6-10-21-12-16/h5-13H,1-4H3/b22-13+. The van der Waals surface area contributed by atoms with Crippen molar-refractivity contribution in [1.29, 1.82) is 0 Å². The fourth-order valence-corrected chi connectivity index (χ4v) is 2.98. The Morgan fingerprint density at radius 2 is 1.96 bits per heavy atom. The van der Waals surface area contributed by atoms with E-state index in [1.54, 1.807) is 18.6 Å². The highest BCUT2D eigenvalue weighted by molar-refractivity contribution is 7.91. The van der Waals surface area contributed by atoms with E-state index in [1.165, 1.54) is 0 Å². The van der Waals surface area contributed by atoms with Gasteiger partial charge in [-0.25, -0.2) is 4.98 Å². The van der Waals surface area contributed by atoms with Crippen LogP contribution in [0, 0.1) is 6.92 Å². The Bertz CT molecular complexity index is 917. The largest absolute Gasteiger partial charge is 0.591 e. The third kappa shape index (κ3) is 3.89. The molecule has 128 valence electrons. The smallest absolute Gasteiger partial charge is 0.144 e. The Kier molecular flexibility index (Phi) is 4.88. The van der Waals surface area contributed by atoms with Crippen molar-refractivity contribution in [2.45, 2.75) is 32.4 Å². The number of aromatic nitrogens is 2. The van der Waals surface area contributed by atoms with Crippen molar-refractivity contribution >= 4 is 28.5 Å². The zero-order valence-electron chi connectivity index (χ0n) is 14.9. The van der Waals surface area contributed by atoms with E-state index in [1.807, 2.05) is 64.1 Å². The van der Waals surface area contributed by atoms with Gasteiger partial charge in [0.05, 0.1) is 17.4 Å². The van der Waals surface area contributed by atoms with Crippen molar-refractivity contribution < 1.29 is 4.55 Å². The maximum Gasteiger partial charge on any atom is 0.144 e. The minimum atomic E-state index is -1.31. The van der Waals surface area contributed by atoms with Crippen molar-refractivity contribution in [3.63, 3.8) is 0 Å². The first-order chi connectivity index (χ1) is 11.9. The molecule has 0 aliphatic heterocycles. The molecule has 1 atom stereocenters. The highest BCUT2D eigenvalue weighted by Gasteiger charge is 2.26. The van der Waals surface area contributed by atoms with Crippen molar-refractivity contribution in [2.75, 3.05) is 0 Å². The number of pyridine rings is 2. The average molecular weight is 351 g/mol. The fourth-order valence-electron chi connectivity index (χ4n) is 2.46. The van der Waals surface area contributed by atoms with Crippen molar-refractivity contribution in [1.82, 2.24) is 9.97 Å². The minimum Gasteiger partial charge on any atom is -0.591 e. The molecule has 0 aliphatic rings. The quantitative estimate of drug-likeness (QED) is 0.516. The minimum absolute atomic E-state index is 0.397. The van der Waals surface area contributed by atoms with E-state index in [4.69, 9.17) is 4.98 Å². The van der Waals surface area contributed by atoms with Crippen LogP contribution in [-0.2, 0) is 11.4 Å². The number of hydrogen-bond acceptors (Lipinski definition) is 4. The molecular formula is C20H21N3OS. The molecule has 0 saturated heterocycles. The first-order valence-corrected chi connectivity index (χ1v) is 9.24. The van der Waals surface area contributed by atoms with Crippen LogP contribution >= 0.6 is 0 Å². The molecule has 0 N–H and O–H groups in total. The molecule has 3 rings (SSSR count). The maximum absolute atomic E-state index is 12.3. The van der Waals surface area contributed by atoms with Gasteiger partial charge in [0, 0.05) is 28.9 Å². The van der Waals surface area contributed by atoms with Gasteiger partial charge in [-0.15, -0.1) is 0 Å². The van der Waals surface area contributed by atoms with Gasteiger partial charge < -0.3 is 4.55 Å². The summed E-state index contributed by atoms with van der Waals surface area (Å²) >= 11 is -1.31. The summed E-state index contributed by atoms with van der Waals surface area (Å²) in [4.78, 5) is 9.05. The van der Waals surface area contributed by atoms with Crippen LogP contribution in [0.3, 0.4) is 0 Å². The lowest BCUT2D eigenvalue weighted by Gasteiger charge is -2.18. The van der Waals surface area contributed by atoms with Crippen LogP contribution in [-0.4, -0.2) is 25.5 Å². The summed E-state index contributed by atoms with van der Waals surface area (Å²) < 4.78 is 16.2. The summed E-state index contributed by atoms with van der Waals surface area (Å²) in [5.41, 5.74) is 4.61. The van der Waals surface area contributed by atoms with Crippen LogP contribution in [0.25, 0.3) is 22.2 Å². The fraction of sp³-hybridized carbons (Fsp3) is 0.250. The number of nitrogens with zero attached hydrogens (tertiary/aromatic N) is 3. The molecule has 1 unspecified atom stereocenters. The van der Waals surface area contributed by atoms with E-state index in [-0.39, 0.29) is 0 Å². The SMILES string of the molecule is Cc1cccc2cc(/C=N/[S+]([O-])C(C)(C)C)c(-c3cccnc3)nc12. The Hall–Kier alpha value is -2.24. The molecule has 5 heteroatoms. The zero-order valence-corrected chi connectivity index (χ0v) is 15.7. The predicted octanol–water partition coefficient (Wildman–Crippen LogP) is 4.49. The Balaban J connectivity index is 2.17. The van der Waals surface area contributed by atoms with E-state index in [9.17, 15) is 4.55 Å². The Morgan fingerprint density at radius 1 is 1.16 bits per heavy atom. The van der Waals surface area contributed by atoms with Crippen LogP contribution in [0.5, 0.6) is 0 Å². The average Bonchev–Trinajstić information content (AvgIpc) is 2.59. The third-order valence-corrected chi connectivity index (χ3v) is 5.17. The van der Waals surface area contributed by atoms with Gasteiger partial charge in [0.1, 0.15) is 16.1 Å². The molecular weight excluding hydrogens is 330 g/mol. The summed E-state index contributed by atoms with van der Waals surface area (Å²) in [6.45, 7) is 7.77. The van der Waals surface area contributed by atoms with Gasteiger partial charge in [0.15, 0.2) is 0 Å². The van der Waals surface area contributed by atoms with Gasteiger partial charge in [-0.3, -0.25) is 4.98 Å². The van der Waals surface area contributed by atoms with Gasteiger partial charge >= 0.3 is 0 Å². The third-order valence-electron chi connectivity index (χ3n) is 3.82. The van der Waals surface area contributed by atoms with Gasteiger partial charge in [-0.2, -0.15) is 0 Å². The van der Waals surface area contributed by atoms with Gasteiger partial charge in [-0.1, -0.05) is 22.6 Å². The summed E-state index contributed by atoms with van der Waals surface area (Å²) in [5.74, 6) is 0. The van der Waals surface area contributed by atoms with E-state index in [0.717, 1.165) is 33.3 Å². The van der Waals surface area contributed by atoms with E-state index in [0.29, 0.717) is 0 Å². The summed E-state index contributed by atoms with van der Waals surface area (Å²) in [7, 11) is 0. The summed E-state index contributed by atoms with van der Waals surface area (Å²) in [6.07, 6.45) is 5.18. The molecule has 0 saturated carbocycles. The molecule has 2 aromatic heterocycles. The lowest BCUT2D eigenvalue weighted by atomic mass is 10.0. The number of aryl methyl sites for hydroxylation is 1. The topological polar surface area (TPSA) is 61.2 Å². The first-order valence-electron chi connectivity index (χ1n) is 8.13. The van der Waals surface area contributed by atoms with Crippen LogP contribution in [0.1, 0.15) is 31.9 Å². The van der Waals surface area contributed by atoms with Crippen LogP contribution in [0.4, 0.5) is 0 Å². The number of fused-ring (bicyclic) bond motifs is 1. The molecule has 0 amide bonds. The van der Waals surface area contributed by atoms with E-state index in [2.05, 4.69) is 9.38 Å². The van der Waals surface area contributed by atoms with Crippen LogP contribution in [0.15, 0.2) is 53.2 Å². The van der Waals surface area contributed by atoms with E-state index >= 15 is 0 Å². The number of para-hydroxylation sites is 1. The van der Waals surface area contributed by atoms with Crippen molar-refractivity contribution in [3.8, 4) is 11.3 Å². The Labute approximate surface area is 151 Å². The zero-order chi connectivity index (χ0) is 18.0. The molecule has 0 fully saturated rings. The second-order valence-electron chi connectivity index (χ2n) is 6.91. The van der Waals surface area contributed by atoms with Gasteiger partial charge in [0.25, 0.3) is 0 Å². The number of rotatable bonds is 3. The van der Waals surface area contributed by atoms with Crippen molar-refractivity contribution in [3.05, 3.63) is 59.9 Å².